The van der Waals surface area contributed by atoms with Crippen LogP contribution in [0.25, 0.3) is 0 Å². The van der Waals surface area contributed by atoms with Crippen molar-refractivity contribution in [1.82, 2.24) is 15.2 Å². The van der Waals surface area contributed by atoms with Crippen LogP contribution in [-0.2, 0) is 12.0 Å². The maximum absolute atomic E-state index is 4.97. The van der Waals surface area contributed by atoms with E-state index in [1.54, 1.807) is 11.3 Å². The zero-order valence-electron chi connectivity index (χ0n) is 9.52. The SMILES string of the molecule is CC(C)(C)c1nc(CNc2nnco2)cs1. The van der Waals surface area contributed by atoms with E-state index >= 15 is 0 Å². The van der Waals surface area contributed by atoms with Crippen molar-refractivity contribution >= 4 is 17.4 Å². The fraction of sp³-hybridized carbons (Fsp3) is 0.500. The summed E-state index contributed by atoms with van der Waals surface area (Å²) in [6, 6.07) is 0.422. The third-order valence-corrected chi connectivity index (χ3v) is 3.29. The summed E-state index contributed by atoms with van der Waals surface area (Å²) in [6.45, 7) is 7.07. The highest BCUT2D eigenvalue weighted by Gasteiger charge is 2.17. The van der Waals surface area contributed by atoms with E-state index < -0.39 is 0 Å². The Morgan fingerprint density at radius 2 is 2.25 bits per heavy atom. The van der Waals surface area contributed by atoms with E-state index in [1.807, 2.05) is 5.38 Å². The zero-order chi connectivity index (χ0) is 11.6. The molecule has 0 unspecified atom stereocenters. The van der Waals surface area contributed by atoms with Gasteiger partial charge in [-0.2, -0.15) is 0 Å². The first-order chi connectivity index (χ1) is 7.55. The molecule has 2 heterocycles. The molecule has 0 aliphatic carbocycles. The van der Waals surface area contributed by atoms with Crippen LogP contribution in [0.15, 0.2) is 16.2 Å². The Morgan fingerprint density at radius 3 is 2.81 bits per heavy atom. The van der Waals surface area contributed by atoms with Crippen LogP contribution in [0.2, 0.25) is 0 Å². The van der Waals surface area contributed by atoms with Crippen LogP contribution in [0.5, 0.6) is 0 Å². The molecular formula is C10H14N4OS. The van der Waals surface area contributed by atoms with E-state index in [2.05, 4.69) is 41.3 Å². The maximum atomic E-state index is 4.97. The van der Waals surface area contributed by atoms with Gasteiger partial charge < -0.3 is 9.73 Å². The van der Waals surface area contributed by atoms with Gasteiger partial charge >= 0.3 is 6.01 Å². The molecule has 0 fully saturated rings. The van der Waals surface area contributed by atoms with Crippen LogP contribution >= 0.6 is 11.3 Å². The van der Waals surface area contributed by atoms with Crippen molar-refractivity contribution < 1.29 is 4.42 Å². The highest BCUT2D eigenvalue weighted by Crippen LogP contribution is 2.25. The normalized spacial score (nSPS) is 11.7. The Labute approximate surface area is 97.9 Å². The molecule has 0 amide bonds. The van der Waals surface area contributed by atoms with Crippen molar-refractivity contribution in [2.24, 2.45) is 0 Å². The number of thiazole rings is 1. The maximum Gasteiger partial charge on any atom is 0.315 e. The van der Waals surface area contributed by atoms with Gasteiger partial charge in [-0.1, -0.05) is 25.9 Å². The smallest absolute Gasteiger partial charge is 0.315 e. The Morgan fingerprint density at radius 1 is 1.44 bits per heavy atom. The molecule has 16 heavy (non-hydrogen) atoms. The first-order valence-electron chi connectivity index (χ1n) is 5.00. The van der Waals surface area contributed by atoms with Crippen LogP contribution in [0, 0.1) is 0 Å². The fourth-order valence-corrected chi connectivity index (χ4v) is 2.06. The summed E-state index contributed by atoms with van der Waals surface area (Å²) in [5.74, 6) is 0. The van der Waals surface area contributed by atoms with E-state index in [0.717, 1.165) is 10.7 Å². The topological polar surface area (TPSA) is 63.8 Å². The van der Waals surface area contributed by atoms with Gasteiger partial charge in [0.2, 0.25) is 6.39 Å². The lowest BCUT2D eigenvalue weighted by Crippen LogP contribution is -2.11. The minimum atomic E-state index is 0.105. The van der Waals surface area contributed by atoms with Gasteiger partial charge in [-0.15, -0.1) is 16.4 Å². The first-order valence-corrected chi connectivity index (χ1v) is 5.88. The molecule has 0 atom stereocenters. The molecule has 6 heteroatoms. The fourth-order valence-electron chi connectivity index (χ4n) is 1.15. The van der Waals surface area contributed by atoms with Crippen molar-refractivity contribution in [3.63, 3.8) is 0 Å². The average molecular weight is 238 g/mol. The minimum Gasteiger partial charge on any atom is -0.411 e. The van der Waals surface area contributed by atoms with E-state index in [9.17, 15) is 0 Å². The Balaban J connectivity index is 1.98. The molecule has 0 aliphatic heterocycles. The van der Waals surface area contributed by atoms with Crippen LogP contribution in [0.1, 0.15) is 31.5 Å². The van der Waals surface area contributed by atoms with Gasteiger partial charge in [0.05, 0.1) is 17.2 Å². The highest BCUT2D eigenvalue weighted by molar-refractivity contribution is 7.09. The third-order valence-electron chi connectivity index (χ3n) is 1.97. The van der Waals surface area contributed by atoms with Gasteiger partial charge in [-0.25, -0.2) is 4.98 Å². The van der Waals surface area contributed by atoms with Crippen LogP contribution in [0.3, 0.4) is 0 Å². The van der Waals surface area contributed by atoms with Crippen molar-refractivity contribution in [3.05, 3.63) is 22.5 Å². The predicted octanol–water partition coefficient (Wildman–Crippen LogP) is 2.44. The second-order valence-corrected chi connectivity index (χ2v) is 5.35. The Hall–Kier alpha value is -1.43. The summed E-state index contributed by atoms with van der Waals surface area (Å²) < 4.78 is 4.97. The van der Waals surface area contributed by atoms with Crippen LogP contribution in [-0.4, -0.2) is 15.2 Å². The number of hydrogen-bond acceptors (Lipinski definition) is 6. The average Bonchev–Trinajstić information content (AvgIpc) is 2.85. The molecule has 2 aromatic heterocycles. The van der Waals surface area contributed by atoms with Gasteiger partial charge in [0, 0.05) is 10.8 Å². The minimum absolute atomic E-state index is 0.105. The molecule has 0 saturated heterocycles. The molecule has 1 N–H and O–H groups in total. The zero-order valence-corrected chi connectivity index (χ0v) is 10.3. The van der Waals surface area contributed by atoms with Crippen molar-refractivity contribution in [2.45, 2.75) is 32.7 Å². The van der Waals surface area contributed by atoms with E-state index in [1.165, 1.54) is 6.39 Å². The number of nitrogens with zero attached hydrogens (tertiary/aromatic N) is 3. The molecule has 2 rings (SSSR count). The number of aromatic nitrogens is 3. The van der Waals surface area contributed by atoms with Crippen LogP contribution < -0.4 is 5.32 Å². The van der Waals surface area contributed by atoms with Crippen LogP contribution in [0.4, 0.5) is 6.01 Å². The molecule has 0 radical (unpaired) electrons. The molecule has 0 aliphatic rings. The number of hydrogen-bond donors (Lipinski definition) is 1. The molecule has 0 spiro atoms. The molecule has 0 aromatic carbocycles. The van der Waals surface area contributed by atoms with Gasteiger partial charge in [0.1, 0.15) is 0 Å². The summed E-state index contributed by atoms with van der Waals surface area (Å²) in [4.78, 5) is 4.55. The number of nitrogens with one attached hydrogen (secondary N) is 1. The summed E-state index contributed by atoms with van der Waals surface area (Å²) >= 11 is 1.68. The second kappa shape index (κ2) is 4.21. The molecule has 0 bridgehead atoms. The first kappa shape index (κ1) is 11.1. The van der Waals surface area contributed by atoms with Gasteiger partial charge in [-0.05, 0) is 0 Å². The van der Waals surface area contributed by atoms with E-state index in [-0.39, 0.29) is 5.41 Å². The van der Waals surface area contributed by atoms with Crippen molar-refractivity contribution in [1.29, 1.82) is 0 Å². The highest BCUT2D eigenvalue weighted by atomic mass is 32.1. The molecule has 0 saturated carbocycles. The Kier molecular flexibility index (Phi) is 2.91. The largest absolute Gasteiger partial charge is 0.411 e. The summed E-state index contributed by atoms with van der Waals surface area (Å²) in [6.07, 6.45) is 1.30. The Bertz CT molecular complexity index is 444. The lowest BCUT2D eigenvalue weighted by molar-refractivity contribution is 0.564. The summed E-state index contributed by atoms with van der Waals surface area (Å²) in [5.41, 5.74) is 1.10. The van der Waals surface area contributed by atoms with Gasteiger partial charge in [-0.3, -0.25) is 0 Å². The van der Waals surface area contributed by atoms with Crippen molar-refractivity contribution in [3.8, 4) is 0 Å². The summed E-state index contributed by atoms with van der Waals surface area (Å²) in [7, 11) is 0. The van der Waals surface area contributed by atoms with E-state index in [0.29, 0.717) is 12.6 Å². The predicted molar refractivity (Wildman–Crippen MR) is 62.4 cm³/mol. The number of rotatable bonds is 3. The molecule has 86 valence electrons. The second-order valence-electron chi connectivity index (χ2n) is 4.49. The molecule has 5 nitrogen and oxygen atoms in total. The summed E-state index contributed by atoms with van der Waals surface area (Å²) in [5, 5.41) is 13.5. The van der Waals surface area contributed by atoms with E-state index in [4.69, 9.17) is 4.42 Å². The van der Waals surface area contributed by atoms with Gasteiger partial charge in [0.15, 0.2) is 0 Å². The van der Waals surface area contributed by atoms with Gasteiger partial charge in [0.25, 0.3) is 0 Å². The monoisotopic (exact) mass is 238 g/mol. The lowest BCUT2D eigenvalue weighted by Gasteiger charge is -2.13. The quantitative estimate of drug-likeness (QED) is 0.889. The molecular weight excluding hydrogens is 224 g/mol. The standard InChI is InChI=1S/C10H14N4OS/c1-10(2,3)8-13-7(5-16-8)4-11-9-14-12-6-15-9/h5-6H,4H2,1-3H3,(H,11,14). The number of anilines is 1. The molecule has 2 aromatic rings. The van der Waals surface area contributed by atoms with Crippen molar-refractivity contribution in [2.75, 3.05) is 5.32 Å². The third kappa shape index (κ3) is 2.57. The lowest BCUT2D eigenvalue weighted by atomic mass is 9.98.